The number of anilines is 1. The normalized spacial score (nSPS) is 10.7. The van der Waals surface area contributed by atoms with E-state index in [0.717, 1.165) is 11.4 Å². The maximum Gasteiger partial charge on any atom is 0.0772 e. The summed E-state index contributed by atoms with van der Waals surface area (Å²) in [6.45, 7) is 5.34. The SMILES string of the molecule is CC(C)N(CCO)c1cccnc1CN. The third kappa shape index (κ3) is 2.91. The molecule has 0 aliphatic carbocycles. The van der Waals surface area contributed by atoms with Crippen molar-refractivity contribution in [3.8, 4) is 0 Å². The van der Waals surface area contributed by atoms with E-state index in [-0.39, 0.29) is 6.61 Å². The van der Waals surface area contributed by atoms with Crippen molar-refractivity contribution < 1.29 is 5.11 Å². The van der Waals surface area contributed by atoms with Crippen molar-refractivity contribution in [1.29, 1.82) is 0 Å². The van der Waals surface area contributed by atoms with Crippen LogP contribution in [0.25, 0.3) is 0 Å². The van der Waals surface area contributed by atoms with Gasteiger partial charge in [0, 0.05) is 25.3 Å². The Bertz CT molecular complexity index is 302. The fourth-order valence-electron chi connectivity index (χ4n) is 1.61. The van der Waals surface area contributed by atoms with Crippen molar-refractivity contribution in [2.45, 2.75) is 26.4 Å². The van der Waals surface area contributed by atoms with Crippen molar-refractivity contribution in [3.63, 3.8) is 0 Å². The number of aromatic nitrogens is 1. The molecule has 1 rings (SSSR count). The van der Waals surface area contributed by atoms with Gasteiger partial charge in [-0.25, -0.2) is 0 Å². The van der Waals surface area contributed by atoms with Crippen LogP contribution >= 0.6 is 0 Å². The molecule has 0 aromatic carbocycles. The van der Waals surface area contributed by atoms with Crippen LogP contribution in [0.4, 0.5) is 5.69 Å². The van der Waals surface area contributed by atoms with Crippen LogP contribution in [-0.2, 0) is 6.54 Å². The molecule has 84 valence electrons. The molecule has 0 saturated heterocycles. The number of hydrogen-bond donors (Lipinski definition) is 2. The molecule has 0 fully saturated rings. The van der Waals surface area contributed by atoms with Gasteiger partial charge in [0.05, 0.1) is 18.0 Å². The molecule has 0 bridgehead atoms. The Balaban J connectivity index is 2.98. The van der Waals surface area contributed by atoms with Gasteiger partial charge in [0.2, 0.25) is 0 Å². The van der Waals surface area contributed by atoms with Crippen LogP contribution in [0.15, 0.2) is 18.3 Å². The number of aliphatic hydroxyl groups is 1. The fourth-order valence-corrected chi connectivity index (χ4v) is 1.61. The Kier molecular flexibility index (Phi) is 4.52. The van der Waals surface area contributed by atoms with Gasteiger partial charge in [0.1, 0.15) is 0 Å². The predicted octanol–water partition coefficient (Wildman–Crippen LogP) is 0.747. The molecule has 0 aliphatic heterocycles. The summed E-state index contributed by atoms with van der Waals surface area (Å²) in [6, 6.07) is 4.21. The zero-order valence-corrected chi connectivity index (χ0v) is 9.35. The lowest BCUT2D eigenvalue weighted by molar-refractivity contribution is 0.299. The van der Waals surface area contributed by atoms with Crippen LogP contribution in [-0.4, -0.2) is 29.3 Å². The molecule has 0 amide bonds. The topological polar surface area (TPSA) is 62.4 Å². The van der Waals surface area contributed by atoms with Crippen LogP contribution in [0.3, 0.4) is 0 Å². The van der Waals surface area contributed by atoms with Crippen LogP contribution in [0.2, 0.25) is 0 Å². The average Bonchev–Trinajstić information content (AvgIpc) is 2.25. The number of rotatable bonds is 5. The summed E-state index contributed by atoms with van der Waals surface area (Å²) in [5.74, 6) is 0. The second-order valence-electron chi connectivity index (χ2n) is 3.68. The third-order valence-corrected chi connectivity index (χ3v) is 2.33. The largest absolute Gasteiger partial charge is 0.395 e. The molecule has 0 saturated carbocycles. The van der Waals surface area contributed by atoms with E-state index >= 15 is 0 Å². The van der Waals surface area contributed by atoms with Gasteiger partial charge in [-0.1, -0.05) is 0 Å². The van der Waals surface area contributed by atoms with E-state index in [4.69, 9.17) is 10.8 Å². The van der Waals surface area contributed by atoms with Crippen LogP contribution < -0.4 is 10.6 Å². The minimum absolute atomic E-state index is 0.136. The Morgan fingerprint density at radius 2 is 2.27 bits per heavy atom. The van der Waals surface area contributed by atoms with Crippen LogP contribution in [0.1, 0.15) is 19.5 Å². The lowest BCUT2D eigenvalue weighted by Crippen LogP contribution is -2.34. The molecule has 1 heterocycles. The molecule has 0 spiro atoms. The number of nitrogens with zero attached hydrogens (tertiary/aromatic N) is 2. The quantitative estimate of drug-likeness (QED) is 0.751. The molecule has 0 unspecified atom stereocenters. The molecule has 1 aromatic heterocycles. The highest BCUT2D eigenvalue weighted by molar-refractivity contribution is 5.51. The maximum absolute atomic E-state index is 9.02. The standard InChI is InChI=1S/C11H19N3O/c1-9(2)14(6-7-15)11-4-3-5-13-10(11)8-12/h3-5,9,15H,6-8,12H2,1-2H3. The molecular weight excluding hydrogens is 190 g/mol. The summed E-state index contributed by atoms with van der Waals surface area (Å²) in [4.78, 5) is 6.34. The highest BCUT2D eigenvalue weighted by atomic mass is 16.3. The average molecular weight is 209 g/mol. The van der Waals surface area contributed by atoms with Crippen LogP contribution in [0, 0.1) is 0 Å². The Hall–Kier alpha value is -1.13. The minimum atomic E-state index is 0.136. The second kappa shape index (κ2) is 5.68. The lowest BCUT2D eigenvalue weighted by Gasteiger charge is -2.29. The first kappa shape index (κ1) is 11.9. The van der Waals surface area contributed by atoms with E-state index in [1.54, 1.807) is 6.20 Å². The van der Waals surface area contributed by atoms with Gasteiger partial charge in [-0.2, -0.15) is 0 Å². The highest BCUT2D eigenvalue weighted by Gasteiger charge is 2.13. The first-order valence-corrected chi connectivity index (χ1v) is 5.22. The third-order valence-electron chi connectivity index (χ3n) is 2.33. The first-order valence-electron chi connectivity index (χ1n) is 5.22. The van der Waals surface area contributed by atoms with E-state index in [9.17, 15) is 0 Å². The van der Waals surface area contributed by atoms with Gasteiger partial charge >= 0.3 is 0 Å². The fraction of sp³-hybridized carbons (Fsp3) is 0.545. The van der Waals surface area contributed by atoms with Crippen molar-refractivity contribution in [1.82, 2.24) is 4.98 Å². The minimum Gasteiger partial charge on any atom is -0.395 e. The molecule has 4 heteroatoms. The molecule has 3 N–H and O–H groups in total. The lowest BCUT2D eigenvalue weighted by atomic mass is 10.2. The summed E-state index contributed by atoms with van der Waals surface area (Å²) in [5, 5.41) is 9.02. The number of nitrogens with two attached hydrogens (primary N) is 1. The van der Waals surface area contributed by atoms with Crippen molar-refractivity contribution >= 4 is 5.69 Å². The molecule has 1 aromatic rings. The van der Waals surface area contributed by atoms with Crippen molar-refractivity contribution in [2.75, 3.05) is 18.1 Å². The highest BCUT2D eigenvalue weighted by Crippen LogP contribution is 2.19. The summed E-state index contributed by atoms with van der Waals surface area (Å²) in [7, 11) is 0. The van der Waals surface area contributed by atoms with E-state index in [2.05, 4.69) is 23.7 Å². The van der Waals surface area contributed by atoms with Gasteiger partial charge in [0.15, 0.2) is 0 Å². The zero-order valence-electron chi connectivity index (χ0n) is 9.35. The van der Waals surface area contributed by atoms with E-state index in [1.165, 1.54) is 0 Å². The Labute approximate surface area is 90.7 Å². The van der Waals surface area contributed by atoms with Gasteiger partial charge in [-0.05, 0) is 26.0 Å². The number of aliphatic hydroxyl groups excluding tert-OH is 1. The Morgan fingerprint density at radius 1 is 1.53 bits per heavy atom. The molecular formula is C11H19N3O. The summed E-state index contributed by atoms with van der Waals surface area (Å²) < 4.78 is 0. The second-order valence-corrected chi connectivity index (χ2v) is 3.68. The predicted molar refractivity (Wildman–Crippen MR) is 61.7 cm³/mol. The molecule has 0 atom stereocenters. The van der Waals surface area contributed by atoms with E-state index < -0.39 is 0 Å². The Morgan fingerprint density at radius 3 is 2.80 bits per heavy atom. The van der Waals surface area contributed by atoms with E-state index in [1.807, 2.05) is 12.1 Å². The van der Waals surface area contributed by atoms with E-state index in [0.29, 0.717) is 19.1 Å². The first-order chi connectivity index (χ1) is 7.20. The maximum atomic E-state index is 9.02. The van der Waals surface area contributed by atoms with Crippen molar-refractivity contribution in [2.24, 2.45) is 5.73 Å². The van der Waals surface area contributed by atoms with Gasteiger partial charge in [-0.3, -0.25) is 4.98 Å². The van der Waals surface area contributed by atoms with Crippen LogP contribution in [0.5, 0.6) is 0 Å². The monoisotopic (exact) mass is 209 g/mol. The summed E-state index contributed by atoms with van der Waals surface area (Å²) >= 11 is 0. The summed E-state index contributed by atoms with van der Waals surface area (Å²) in [6.07, 6.45) is 1.74. The molecule has 0 aliphatic rings. The molecule has 15 heavy (non-hydrogen) atoms. The zero-order chi connectivity index (χ0) is 11.3. The molecule has 4 nitrogen and oxygen atoms in total. The smallest absolute Gasteiger partial charge is 0.0772 e. The summed E-state index contributed by atoms with van der Waals surface area (Å²) in [5.41, 5.74) is 7.53. The number of pyridine rings is 1. The number of hydrogen-bond acceptors (Lipinski definition) is 4. The van der Waals surface area contributed by atoms with Crippen molar-refractivity contribution in [3.05, 3.63) is 24.0 Å². The van der Waals surface area contributed by atoms with Gasteiger partial charge in [-0.15, -0.1) is 0 Å². The molecule has 0 radical (unpaired) electrons. The van der Waals surface area contributed by atoms with Gasteiger partial charge in [0.25, 0.3) is 0 Å². The van der Waals surface area contributed by atoms with Gasteiger partial charge < -0.3 is 15.7 Å².